The quantitative estimate of drug-likeness (QED) is 0.605. The molecule has 0 fully saturated rings. The van der Waals surface area contributed by atoms with E-state index in [4.69, 9.17) is 0 Å². The lowest BCUT2D eigenvalue weighted by atomic mass is 10.4. The molecular formula is C9H15Si2-. The highest BCUT2D eigenvalue weighted by molar-refractivity contribution is 7.27. The molecule has 0 bridgehead atoms. The Balaban J connectivity index is 2.66. The van der Waals surface area contributed by atoms with Gasteiger partial charge >= 0.3 is 0 Å². The molecule has 0 saturated carbocycles. The lowest BCUT2D eigenvalue weighted by molar-refractivity contribution is 1.76. The van der Waals surface area contributed by atoms with Crippen molar-refractivity contribution in [2.45, 2.75) is 19.6 Å². The Hall–Kier alpha value is -0.346. The maximum absolute atomic E-state index is 2.44. The topological polar surface area (TPSA) is 0 Å². The predicted octanol–water partition coefficient (Wildman–Crippen LogP) is 1.58. The van der Waals surface area contributed by atoms with Crippen LogP contribution in [0.15, 0.2) is 30.3 Å². The number of rotatable bonds is 2. The molecule has 0 aliphatic heterocycles. The summed E-state index contributed by atoms with van der Waals surface area (Å²) in [6, 6.07) is 10.9. The summed E-state index contributed by atoms with van der Waals surface area (Å²) in [4.78, 5) is 0. The molecule has 1 aromatic carbocycles. The Labute approximate surface area is 72.3 Å². The third kappa shape index (κ3) is 3.53. The Morgan fingerprint density at radius 1 is 1.00 bits per heavy atom. The molecule has 0 spiro atoms. The predicted molar refractivity (Wildman–Crippen MR) is 56.6 cm³/mol. The molecule has 2 heteroatoms. The fourth-order valence-electron chi connectivity index (χ4n) is 1.05. The summed E-state index contributed by atoms with van der Waals surface area (Å²) < 4.78 is 0. The van der Waals surface area contributed by atoms with Crippen LogP contribution in [0.2, 0.25) is 19.6 Å². The van der Waals surface area contributed by atoms with E-state index >= 15 is 0 Å². The zero-order valence-corrected chi connectivity index (χ0v) is 9.62. The van der Waals surface area contributed by atoms with Crippen LogP contribution in [0, 0.1) is 0 Å². The molecular weight excluding hydrogens is 164 g/mol. The van der Waals surface area contributed by atoms with E-state index in [2.05, 4.69) is 50.0 Å². The van der Waals surface area contributed by atoms with E-state index in [1.807, 2.05) is 0 Å². The molecule has 0 N–H and O–H groups in total. The molecule has 0 aromatic heterocycles. The van der Waals surface area contributed by atoms with Crippen molar-refractivity contribution < 1.29 is 0 Å². The Morgan fingerprint density at radius 2 is 1.55 bits per heavy atom. The third-order valence-electron chi connectivity index (χ3n) is 1.40. The molecule has 0 radical (unpaired) electrons. The first-order valence-electron chi connectivity index (χ1n) is 3.99. The maximum Gasteiger partial charge on any atom is -0.0625 e. The minimum atomic E-state index is -0.815. The van der Waals surface area contributed by atoms with Gasteiger partial charge < -0.3 is 9.04 Å². The van der Waals surface area contributed by atoms with Gasteiger partial charge in [0.1, 0.15) is 0 Å². The van der Waals surface area contributed by atoms with E-state index in [0.29, 0.717) is 9.04 Å². The maximum atomic E-state index is 2.44. The van der Waals surface area contributed by atoms with E-state index < -0.39 is 7.59 Å². The third-order valence-corrected chi connectivity index (χ3v) is 6.58. The Kier molecular flexibility index (Phi) is 2.68. The van der Waals surface area contributed by atoms with Gasteiger partial charge in [-0.25, -0.2) is 5.19 Å². The van der Waals surface area contributed by atoms with Gasteiger partial charge in [0.25, 0.3) is 0 Å². The van der Waals surface area contributed by atoms with Gasteiger partial charge in [0, 0.05) is 0 Å². The van der Waals surface area contributed by atoms with Crippen molar-refractivity contribution in [1.29, 1.82) is 0 Å². The van der Waals surface area contributed by atoms with Crippen LogP contribution in [0.1, 0.15) is 0 Å². The van der Waals surface area contributed by atoms with Gasteiger partial charge in [-0.1, -0.05) is 57.6 Å². The summed E-state index contributed by atoms with van der Waals surface area (Å²) in [5, 5.41) is 1.58. The lowest BCUT2D eigenvalue weighted by Crippen LogP contribution is -2.38. The number of hydrogen-bond donors (Lipinski definition) is 0. The molecule has 0 saturated heterocycles. The minimum Gasteiger partial charge on any atom is -0.301 e. The standard InChI is InChI=1S/C9H15Si2/c1-11(2,3)10-9-7-5-4-6-8-9/h4-8,10H,1-3H3/q-1. The Bertz CT molecular complexity index is 211. The van der Waals surface area contributed by atoms with Crippen molar-refractivity contribution in [3.8, 4) is 0 Å². The summed E-state index contributed by atoms with van der Waals surface area (Å²) in [6.45, 7) is 7.32. The van der Waals surface area contributed by atoms with Crippen LogP contribution in [0.5, 0.6) is 0 Å². The summed E-state index contributed by atoms with van der Waals surface area (Å²) in [7, 11) is -0.255. The molecule has 11 heavy (non-hydrogen) atoms. The minimum absolute atomic E-state index is 0.559. The van der Waals surface area contributed by atoms with Crippen LogP contribution < -0.4 is 5.19 Å². The SMILES string of the molecule is C[Si](C)(C)[SiH-]c1ccccc1. The molecule has 0 aliphatic carbocycles. The van der Waals surface area contributed by atoms with Crippen LogP contribution in [0.3, 0.4) is 0 Å². The average Bonchev–Trinajstić information content (AvgIpc) is 1.85. The number of benzene rings is 1. The molecule has 0 unspecified atom stereocenters. The smallest absolute Gasteiger partial charge is 0.0625 e. The van der Waals surface area contributed by atoms with E-state index in [1.54, 1.807) is 5.19 Å². The number of hydrogen-bond acceptors (Lipinski definition) is 0. The highest BCUT2D eigenvalue weighted by Crippen LogP contribution is 1.97. The fourth-order valence-corrected chi connectivity index (χ4v) is 6.04. The van der Waals surface area contributed by atoms with Gasteiger partial charge in [-0.05, 0) is 0 Å². The second-order valence-corrected chi connectivity index (χ2v) is 15.7. The van der Waals surface area contributed by atoms with E-state index in [-0.39, 0.29) is 0 Å². The van der Waals surface area contributed by atoms with Crippen molar-refractivity contribution in [3.63, 3.8) is 0 Å². The van der Waals surface area contributed by atoms with E-state index in [9.17, 15) is 0 Å². The van der Waals surface area contributed by atoms with Crippen molar-refractivity contribution in [2.24, 2.45) is 0 Å². The summed E-state index contributed by atoms with van der Waals surface area (Å²) >= 11 is 0. The zero-order chi connectivity index (χ0) is 8.32. The molecule has 0 heterocycles. The zero-order valence-electron chi connectivity index (χ0n) is 7.46. The van der Waals surface area contributed by atoms with Crippen LogP contribution >= 0.6 is 0 Å². The molecule has 1 rings (SSSR count). The van der Waals surface area contributed by atoms with Crippen LogP contribution in [-0.4, -0.2) is 16.6 Å². The lowest BCUT2D eigenvalue weighted by Gasteiger charge is -2.28. The normalized spacial score (nSPS) is 11.2. The van der Waals surface area contributed by atoms with Crippen molar-refractivity contribution in [1.82, 2.24) is 0 Å². The first-order chi connectivity index (χ1) is 5.08. The van der Waals surface area contributed by atoms with Gasteiger partial charge in [0.05, 0.1) is 0 Å². The first kappa shape index (κ1) is 8.75. The highest BCUT2D eigenvalue weighted by Gasteiger charge is 1.99. The van der Waals surface area contributed by atoms with Gasteiger partial charge in [0.2, 0.25) is 0 Å². The van der Waals surface area contributed by atoms with Crippen LogP contribution in [0.25, 0.3) is 0 Å². The molecule has 0 amide bonds. The second kappa shape index (κ2) is 3.37. The molecule has 0 nitrogen and oxygen atoms in total. The first-order valence-corrected chi connectivity index (χ1v) is 9.87. The van der Waals surface area contributed by atoms with Gasteiger partial charge in [-0.3, -0.25) is 0 Å². The second-order valence-electron chi connectivity index (χ2n) is 3.92. The van der Waals surface area contributed by atoms with Gasteiger partial charge in [-0.2, -0.15) is 0 Å². The molecule has 0 aliphatic rings. The van der Waals surface area contributed by atoms with E-state index in [0.717, 1.165) is 0 Å². The largest absolute Gasteiger partial charge is 0.301 e. The molecule has 60 valence electrons. The van der Waals surface area contributed by atoms with Crippen LogP contribution in [0.4, 0.5) is 0 Å². The summed E-state index contributed by atoms with van der Waals surface area (Å²) in [6.07, 6.45) is 0. The van der Waals surface area contributed by atoms with Crippen molar-refractivity contribution >= 4 is 21.8 Å². The summed E-state index contributed by atoms with van der Waals surface area (Å²) in [5.41, 5.74) is 0. The average molecular weight is 179 g/mol. The van der Waals surface area contributed by atoms with Crippen LogP contribution in [-0.2, 0) is 0 Å². The van der Waals surface area contributed by atoms with E-state index in [1.165, 1.54) is 0 Å². The monoisotopic (exact) mass is 179 g/mol. The Morgan fingerprint density at radius 3 is 2.00 bits per heavy atom. The van der Waals surface area contributed by atoms with Crippen molar-refractivity contribution in [2.75, 3.05) is 0 Å². The fraction of sp³-hybridized carbons (Fsp3) is 0.333. The summed E-state index contributed by atoms with van der Waals surface area (Å²) in [5.74, 6) is 0. The highest BCUT2D eigenvalue weighted by atomic mass is 29.2. The van der Waals surface area contributed by atoms with Crippen molar-refractivity contribution in [3.05, 3.63) is 30.3 Å². The van der Waals surface area contributed by atoms with Gasteiger partial charge in [-0.15, -0.1) is 0 Å². The molecule has 1 aromatic rings. The van der Waals surface area contributed by atoms with Gasteiger partial charge in [0.15, 0.2) is 0 Å². The molecule has 0 atom stereocenters.